The first-order chi connectivity index (χ1) is 12.0. The van der Waals surface area contributed by atoms with E-state index in [2.05, 4.69) is 24.4 Å². The molecule has 0 saturated heterocycles. The van der Waals surface area contributed by atoms with E-state index in [0.717, 1.165) is 22.6 Å². The van der Waals surface area contributed by atoms with E-state index in [4.69, 9.17) is 9.47 Å². The number of hydrazone groups is 1. The maximum atomic E-state index is 12.0. The van der Waals surface area contributed by atoms with E-state index in [1.54, 1.807) is 7.11 Å². The fourth-order valence-electron chi connectivity index (χ4n) is 2.31. The monoisotopic (exact) mass is 340 g/mol. The number of amides is 1. The summed E-state index contributed by atoms with van der Waals surface area (Å²) in [5.41, 5.74) is 5.21. The number of para-hydroxylation sites is 1. The first-order valence-electron chi connectivity index (χ1n) is 8.20. The van der Waals surface area contributed by atoms with Crippen molar-refractivity contribution in [1.82, 2.24) is 5.43 Å². The highest BCUT2D eigenvalue weighted by Crippen LogP contribution is 2.25. The number of hydrogen-bond acceptors (Lipinski definition) is 4. The molecule has 1 amide bonds. The van der Waals surface area contributed by atoms with E-state index in [0.29, 0.717) is 11.6 Å². The number of rotatable bonds is 7. The maximum absolute atomic E-state index is 12.0. The van der Waals surface area contributed by atoms with Gasteiger partial charge in [0.05, 0.1) is 12.8 Å². The predicted molar refractivity (Wildman–Crippen MR) is 99.4 cm³/mol. The van der Waals surface area contributed by atoms with Crippen LogP contribution in [0.1, 0.15) is 37.8 Å². The van der Waals surface area contributed by atoms with Crippen LogP contribution in [0, 0.1) is 0 Å². The molecule has 2 aromatic carbocycles. The number of carbonyl (C=O) groups excluding carboxylic acids is 1. The molecular weight excluding hydrogens is 316 g/mol. The lowest BCUT2D eigenvalue weighted by Crippen LogP contribution is -2.25. The summed E-state index contributed by atoms with van der Waals surface area (Å²) >= 11 is 0. The number of methoxy groups -OCH3 is 1. The van der Waals surface area contributed by atoms with Crippen LogP contribution in [0.4, 0.5) is 0 Å². The Labute approximate surface area is 148 Å². The van der Waals surface area contributed by atoms with Gasteiger partial charge in [0, 0.05) is 0 Å². The van der Waals surface area contributed by atoms with E-state index in [9.17, 15) is 4.79 Å². The van der Waals surface area contributed by atoms with Crippen LogP contribution in [0.15, 0.2) is 53.6 Å². The molecule has 0 aliphatic carbocycles. The van der Waals surface area contributed by atoms with Crippen LogP contribution in [0.3, 0.4) is 0 Å². The van der Waals surface area contributed by atoms with Crippen molar-refractivity contribution in [2.75, 3.05) is 13.7 Å². The molecule has 132 valence electrons. The van der Waals surface area contributed by atoms with Crippen LogP contribution in [0.5, 0.6) is 11.5 Å². The molecule has 0 fully saturated rings. The normalized spacial score (nSPS) is 11.3. The standard InChI is InChI=1S/C20H24N2O3/c1-14(2)18-7-5-6-8-19(18)25-13-20(23)22-21-15(3)16-9-11-17(24-4)12-10-16/h5-12,14H,13H2,1-4H3,(H,22,23). The third-order valence-electron chi connectivity index (χ3n) is 3.76. The topological polar surface area (TPSA) is 59.9 Å². The SMILES string of the molecule is COc1ccc(C(C)=NNC(=O)COc2ccccc2C(C)C)cc1. The summed E-state index contributed by atoms with van der Waals surface area (Å²) in [6.45, 7) is 5.93. The Bertz CT molecular complexity index is 737. The van der Waals surface area contributed by atoms with Gasteiger partial charge in [0.1, 0.15) is 11.5 Å². The molecule has 0 atom stereocenters. The second kappa shape index (κ2) is 8.87. The van der Waals surface area contributed by atoms with Gasteiger partial charge in [0.25, 0.3) is 5.91 Å². The summed E-state index contributed by atoms with van der Waals surface area (Å²) in [7, 11) is 1.62. The largest absolute Gasteiger partial charge is 0.497 e. The number of carbonyl (C=O) groups is 1. The fourth-order valence-corrected chi connectivity index (χ4v) is 2.31. The molecule has 0 radical (unpaired) electrons. The van der Waals surface area contributed by atoms with Crippen molar-refractivity contribution >= 4 is 11.6 Å². The van der Waals surface area contributed by atoms with Gasteiger partial charge < -0.3 is 9.47 Å². The van der Waals surface area contributed by atoms with Gasteiger partial charge in [-0.25, -0.2) is 5.43 Å². The van der Waals surface area contributed by atoms with Gasteiger partial charge in [-0.05, 0) is 54.3 Å². The molecule has 5 nitrogen and oxygen atoms in total. The highest BCUT2D eigenvalue weighted by molar-refractivity contribution is 5.99. The van der Waals surface area contributed by atoms with Gasteiger partial charge in [0.2, 0.25) is 0 Å². The molecule has 0 saturated carbocycles. The highest BCUT2D eigenvalue weighted by Gasteiger charge is 2.09. The Hall–Kier alpha value is -2.82. The molecular formula is C20H24N2O3. The van der Waals surface area contributed by atoms with Crippen molar-refractivity contribution in [3.63, 3.8) is 0 Å². The van der Waals surface area contributed by atoms with E-state index < -0.39 is 0 Å². The lowest BCUT2D eigenvalue weighted by molar-refractivity contribution is -0.123. The van der Waals surface area contributed by atoms with Crippen LogP contribution in [0.2, 0.25) is 0 Å². The molecule has 2 aromatic rings. The summed E-state index contributed by atoms with van der Waals surface area (Å²) < 4.78 is 10.8. The predicted octanol–water partition coefficient (Wildman–Crippen LogP) is 3.74. The molecule has 5 heteroatoms. The minimum atomic E-state index is -0.300. The van der Waals surface area contributed by atoms with Crippen molar-refractivity contribution < 1.29 is 14.3 Å². The molecule has 0 bridgehead atoms. The lowest BCUT2D eigenvalue weighted by atomic mass is 10.0. The number of nitrogens with one attached hydrogen (secondary N) is 1. The molecule has 1 N–H and O–H groups in total. The van der Waals surface area contributed by atoms with Crippen molar-refractivity contribution in [1.29, 1.82) is 0 Å². The first-order valence-corrected chi connectivity index (χ1v) is 8.20. The highest BCUT2D eigenvalue weighted by atomic mass is 16.5. The summed E-state index contributed by atoms with van der Waals surface area (Å²) in [4.78, 5) is 12.0. The molecule has 0 aromatic heterocycles. The van der Waals surface area contributed by atoms with Gasteiger partial charge >= 0.3 is 0 Å². The number of benzene rings is 2. The van der Waals surface area contributed by atoms with Crippen molar-refractivity contribution in [3.8, 4) is 11.5 Å². The molecule has 0 aliphatic rings. The Balaban J connectivity index is 1.91. The Morgan fingerprint density at radius 3 is 2.44 bits per heavy atom. The zero-order valence-corrected chi connectivity index (χ0v) is 15.1. The minimum absolute atomic E-state index is 0.0802. The molecule has 0 heterocycles. The Morgan fingerprint density at radius 2 is 1.80 bits per heavy atom. The quantitative estimate of drug-likeness (QED) is 0.617. The lowest BCUT2D eigenvalue weighted by Gasteiger charge is -2.13. The molecule has 25 heavy (non-hydrogen) atoms. The molecule has 2 rings (SSSR count). The molecule has 0 unspecified atom stereocenters. The van der Waals surface area contributed by atoms with Gasteiger partial charge in [-0.15, -0.1) is 0 Å². The van der Waals surface area contributed by atoms with E-state index in [1.807, 2.05) is 55.5 Å². The van der Waals surface area contributed by atoms with Crippen LogP contribution in [-0.4, -0.2) is 25.3 Å². The summed E-state index contributed by atoms with van der Waals surface area (Å²) in [6, 6.07) is 15.2. The third-order valence-corrected chi connectivity index (χ3v) is 3.76. The summed E-state index contributed by atoms with van der Waals surface area (Å²) in [5.74, 6) is 1.53. The Kier molecular flexibility index (Phi) is 6.57. The smallest absolute Gasteiger partial charge is 0.277 e. The summed E-state index contributed by atoms with van der Waals surface area (Å²) in [5, 5.41) is 4.12. The average molecular weight is 340 g/mol. The number of hydrogen-bond donors (Lipinski definition) is 1. The average Bonchev–Trinajstić information content (AvgIpc) is 2.64. The maximum Gasteiger partial charge on any atom is 0.277 e. The van der Waals surface area contributed by atoms with E-state index in [1.165, 1.54) is 0 Å². The second-order valence-corrected chi connectivity index (χ2v) is 5.94. The third kappa shape index (κ3) is 5.35. The fraction of sp³-hybridized carbons (Fsp3) is 0.300. The van der Waals surface area contributed by atoms with Gasteiger partial charge in [-0.2, -0.15) is 5.10 Å². The minimum Gasteiger partial charge on any atom is -0.497 e. The number of nitrogens with zero attached hydrogens (tertiary/aromatic N) is 1. The summed E-state index contributed by atoms with van der Waals surface area (Å²) in [6.07, 6.45) is 0. The van der Waals surface area contributed by atoms with E-state index >= 15 is 0 Å². The van der Waals surface area contributed by atoms with Crippen molar-refractivity contribution in [2.45, 2.75) is 26.7 Å². The zero-order valence-electron chi connectivity index (χ0n) is 15.1. The van der Waals surface area contributed by atoms with Crippen molar-refractivity contribution in [3.05, 3.63) is 59.7 Å². The molecule has 0 aliphatic heterocycles. The number of ether oxygens (including phenoxy) is 2. The molecule has 0 spiro atoms. The van der Waals surface area contributed by atoms with Crippen LogP contribution >= 0.6 is 0 Å². The van der Waals surface area contributed by atoms with Crippen LogP contribution < -0.4 is 14.9 Å². The first kappa shape index (κ1) is 18.5. The van der Waals surface area contributed by atoms with Gasteiger partial charge in [-0.1, -0.05) is 32.0 Å². The van der Waals surface area contributed by atoms with E-state index in [-0.39, 0.29) is 12.5 Å². The van der Waals surface area contributed by atoms with Crippen molar-refractivity contribution in [2.24, 2.45) is 5.10 Å². The zero-order chi connectivity index (χ0) is 18.2. The second-order valence-electron chi connectivity index (χ2n) is 5.94. The van der Waals surface area contributed by atoms with Crippen LogP contribution in [0.25, 0.3) is 0 Å². The Morgan fingerprint density at radius 1 is 1.12 bits per heavy atom. The van der Waals surface area contributed by atoms with Gasteiger partial charge in [0.15, 0.2) is 6.61 Å². The van der Waals surface area contributed by atoms with Gasteiger partial charge in [-0.3, -0.25) is 4.79 Å². The van der Waals surface area contributed by atoms with Crippen LogP contribution in [-0.2, 0) is 4.79 Å².